The summed E-state index contributed by atoms with van der Waals surface area (Å²) >= 11 is 6.16. The molecule has 2 aromatic heterocycles. The lowest BCUT2D eigenvalue weighted by atomic mass is 9.36. The second-order valence-corrected chi connectivity index (χ2v) is 6.73. The Bertz CT molecular complexity index is 870. The Hall–Kier alpha value is -1.91. The molecule has 0 aliphatic rings. The number of hydrogen-bond donors (Lipinski definition) is 7. The maximum Gasteiger partial charge on any atom is 0.267 e. The summed E-state index contributed by atoms with van der Waals surface area (Å²) < 4.78 is 0. The van der Waals surface area contributed by atoms with E-state index in [-0.39, 0.29) is 29.7 Å². The molecule has 0 aliphatic carbocycles. The minimum Gasteiger partial charge on any atom is -0.395 e. The number of nitrogens with one attached hydrogen (secondary N) is 3. The van der Waals surface area contributed by atoms with Gasteiger partial charge in [-0.3, -0.25) is 4.79 Å². The van der Waals surface area contributed by atoms with E-state index in [2.05, 4.69) is 20.6 Å². The van der Waals surface area contributed by atoms with Gasteiger partial charge in [0.2, 0.25) is 0 Å². The smallest absolute Gasteiger partial charge is 0.267 e. The highest BCUT2D eigenvalue weighted by Gasteiger charge is 2.51. The molecule has 2 rings (SSSR count). The van der Waals surface area contributed by atoms with Gasteiger partial charge in [-0.25, -0.2) is 4.98 Å². The van der Waals surface area contributed by atoms with E-state index >= 15 is 0 Å². The van der Waals surface area contributed by atoms with E-state index in [1.807, 2.05) is 0 Å². The molecule has 0 saturated heterocycles. The van der Waals surface area contributed by atoms with Gasteiger partial charge in [0.15, 0.2) is 19.3 Å². The molecule has 14 heteroatoms. The number of H-pyrrole nitrogens is 1. The molecule has 8 radical (unpaired) electrons. The van der Waals surface area contributed by atoms with Gasteiger partial charge >= 0.3 is 0 Å². The Kier molecular flexibility index (Phi) is 6.81. The Morgan fingerprint density at radius 1 is 1.21 bits per heavy atom. The molecule has 2 heterocycles. The van der Waals surface area contributed by atoms with E-state index in [0.29, 0.717) is 11.1 Å². The monoisotopic (exact) mass is 410 g/mol. The molecule has 1 unspecified atom stereocenters. The van der Waals surface area contributed by atoms with Crippen LogP contribution in [0.3, 0.4) is 0 Å². The normalized spacial score (nSPS) is 14.2. The first-order valence-electron chi connectivity index (χ1n) is 8.14. The Labute approximate surface area is 176 Å². The zero-order valence-electron chi connectivity index (χ0n) is 15.1. The highest BCUT2D eigenvalue weighted by molar-refractivity contribution is 6.60. The fourth-order valence-electron chi connectivity index (χ4n) is 2.38. The van der Waals surface area contributed by atoms with Crippen molar-refractivity contribution < 1.29 is 25.2 Å². The number of nitrogens with zero attached hydrogens (tertiary/aromatic N) is 1. The molecule has 1 atom stereocenters. The third kappa shape index (κ3) is 4.99. The van der Waals surface area contributed by atoms with E-state index < -0.39 is 22.4 Å². The number of amides is 1. The van der Waals surface area contributed by atoms with Crippen molar-refractivity contribution in [1.29, 1.82) is 0 Å². The molecule has 0 saturated carbocycles. The van der Waals surface area contributed by atoms with Crippen molar-refractivity contribution in [2.75, 3.05) is 18.5 Å². The van der Waals surface area contributed by atoms with Crippen molar-refractivity contribution in [1.82, 2.24) is 15.3 Å². The van der Waals surface area contributed by atoms with Gasteiger partial charge in [0.1, 0.15) is 11.5 Å². The number of halogens is 1. The van der Waals surface area contributed by atoms with E-state index in [9.17, 15) is 20.1 Å². The number of pyridine rings is 1. The third-order valence-corrected chi connectivity index (χ3v) is 4.26. The molecule has 9 nitrogen and oxygen atoms in total. The summed E-state index contributed by atoms with van der Waals surface area (Å²) in [5.41, 5.74) is -5.36. The first-order chi connectivity index (χ1) is 13.3. The molecule has 0 aliphatic heterocycles. The van der Waals surface area contributed by atoms with Crippen LogP contribution >= 0.6 is 11.6 Å². The number of rotatable bonds is 8. The van der Waals surface area contributed by atoms with Crippen LogP contribution in [0, 0.1) is 0 Å². The summed E-state index contributed by atoms with van der Waals surface area (Å²) in [6.07, 6.45) is 2.67. The van der Waals surface area contributed by atoms with Crippen LogP contribution in [0.4, 0.5) is 5.82 Å². The van der Waals surface area contributed by atoms with Gasteiger partial charge in [0.05, 0.1) is 35.2 Å². The van der Waals surface area contributed by atoms with Crippen LogP contribution in [0.5, 0.6) is 0 Å². The number of aliphatic hydroxyl groups excluding tert-OH is 1. The predicted octanol–water partition coefficient (Wildman–Crippen LogP) is -2.06. The largest absolute Gasteiger partial charge is 0.395 e. The number of aromatic nitrogens is 2. The van der Waals surface area contributed by atoms with Crippen LogP contribution in [-0.2, 0) is 0 Å². The average molecular weight is 410 g/mol. The Morgan fingerprint density at radius 2 is 1.86 bits per heavy atom. The van der Waals surface area contributed by atoms with Gasteiger partial charge in [-0.1, -0.05) is 16.7 Å². The van der Waals surface area contributed by atoms with Crippen molar-refractivity contribution in [2.24, 2.45) is 0 Å². The van der Waals surface area contributed by atoms with Crippen molar-refractivity contribution >= 4 is 54.7 Å². The summed E-state index contributed by atoms with van der Waals surface area (Å²) in [7, 11) is 21.4. The van der Waals surface area contributed by atoms with Gasteiger partial charge in [-0.15, -0.1) is 0 Å². The number of aliphatic hydroxyl groups is 4. The van der Waals surface area contributed by atoms with Crippen LogP contribution in [0.1, 0.15) is 10.5 Å². The topological polar surface area (TPSA) is 151 Å². The fourth-order valence-corrected chi connectivity index (χ4v) is 2.59. The molecule has 0 fully saturated rings. The molecule has 2 aromatic rings. The Balaban J connectivity index is 2.38. The minimum atomic E-state index is -3.35. The molecular formula is C15H15B4ClN4O5. The van der Waals surface area contributed by atoms with Crippen LogP contribution in [0.15, 0.2) is 24.5 Å². The SMILES string of the molecule is [B]C([B])([B])C(O)(Nc1cc(-c2c[nH]c(C(=O)NCCO)c2)c(Cl)cn1)C([B])(O)O. The van der Waals surface area contributed by atoms with E-state index in [1.165, 1.54) is 24.5 Å². The molecule has 1 amide bonds. The molecule has 0 spiro atoms. The lowest BCUT2D eigenvalue weighted by Crippen LogP contribution is -2.67. The van der Waals surface area contributed by atoms with Gasteiger partial charge in [0, 0.05) is 30.1 Å². The molecule has 29 heavy (non-hydrogen) atoms. The van der Waals surface area contributed by atoms with E-state index in [0.717, 1.165) is 0 Å². The zero-order chi connectivity index (χ0) is 22.0. The van der Waals surface area contributed by atoms with E-state index in [1.54, 1.807) is 0 Å². The number of carbonyl (C=O) groups is 1. The lowest BCUT2D eigenvalue weighted by molar-refractivity contribution is -0.205. The van der Waals surface area contributed by atoms with Crippen molar-refractivity contribution in [3.05, 3.63) is 35.2 Å². The minimum absolute atomic E-state index is 0.0814. The summed E-state index contributed by atoms with van der Waals surface area (Å²) in [5.74, 6) is -0.612. The van der Waals surface area contributed by atoms with Gasteiger partial charge in [0.25, 0.3) is 5.91 Å². The molecule has 7 N–H and O–H groups in total. The number of hydrogen-bond acceptors (Lipinski definition) is 7. The van der Waals surface area contributed by atoms with E-state index in [4.69, 9.17) is 48.1 Å². The summed E-state index contributed by atoms with van der Waals surface area (Å²) in [5, 5.41) is 40.8. The molecule has 0 bridgehead atoms. The second-order valence-electron chi connectivity index (χ2n) is 6.33. The quantitative estimate of drug-likeness (QED) is 0.195. The standard InChI is InChI=1S/C15H15B4ClN4O5/c16-14(17,18)13(27,15(19,28)29)24-11-4-8(9(20)6-23-11)7-3-10(22-5-7)12(26)21-1-2-25/h3-6,22,25,27-29H,1-2H2,(H,21,26)(H,23,24). The Morgan fingerprint density at radius 3 is 2.41 bits per heavy atom. The maximum absolute atomic E-state index is 12.0. The lowest BCUT2D eigenvalue weighted by Gasteiger charge is -2.49. The van der Waals surface area contributed by atoms with Crippen molar-refractivity contribution in [3.8, 4) is 11.1 Å². The number of aromatic amines is 1. The highest BCUT2D eigenvalue weighted by atomic mass is 35.5. The van der Waals surface area contributed by atoms with Crippen LogP contribution in [0.25, 0.3) is 11.1 Å². The van der Waals surface area contributed by atoms with Crippen LogP contribution in [-0.4, -0.2) is 92.2 Å². The predicted molar refractivity (Wildman–Crippen MR) is 110 cm³/mol. The number of carbonyl (C=O) groups excluding carboxylic acids is 1. The van der Waals surface area contributed by atoms with Crippen LogP contribution in [0.2, 0.25) is 10.1 Å². The van der Waals surface area contributed by atoms with Crippen molar-refractivity contribution in [2.45, 2.75) is 16.5 Å². The van der Waals surface area contributed by atoms with Gasteiger partial charge in [-0.2, -0.15) is 0 Å². The summed E-state index contributed by atoms with van der Waals surface area (Å²) in [4.78, 5) is 18.6. The molecular weight excluding hydrogens is 395 g/mol. The van der Waals surface area contributed by atoms with Gasteiger partial charge in [-0.05, 0) is 12.1 Å². The van der Waals surface area contributed by atoms with Gasteiger partial charge < -0.3 is 36.0 Å². The third-order valence-electron chi connectivity index (χ3n) is 3.96. The average Bonchev–Trinajstić information content (AvgIpc) is 3.09. The highest BCUT2D eigenvalue weighted by Crippen LogP contribution is 2.37. The second kappa shape index (κ2) is 8.45. The molecule has 144 valence electrons. The van der Waals surface area contributed by atoms with Crippen molar-refractivity contribution in [3.63, 3.8) is 0 Å². The first kappa shape index (κ1) is 23.4. The molecule has 0 aromatic carbocycles. The number of anilines is 1. The summed E-state index contributed by atoms with van der Waals surface area (Å²) in [6, 6.07) is 2.79. The zero-order valence-corrected chi connectivity index (χ0v) is 15.8. The summed E-state index contributed by atoms with van der Waals surface area (Å²) in [6.45, 7) is -0.130. The first-order valence-corrected chi connectivity index (χ1v) is 8.52. The maximum atomic E-state index is 12.0. The fraction of sp³-hybridized carbons (Fsp3) is 0.333. The van der Waals surface area contributed by atoms with Crippen LogP contribution < -0.4 is 10.6 Å².